The van der Waals surface area contributed by atoms with Gasteiger partial charge < -0.3 is 5.32 Å². The highest BCUT2D eigenvalue weighted by Crippen LogP contribution is 2.51. The number of anilines is 1. The fourth-order valence-electron chi connectivity index (χ4n) is 5.82. The van der Waals surface area contributed by atoms with E-state index >= 15 is 0 Å². The Morgan fingerprint density at radius 1 is 0.929 bits per heavy atom. The summed E-state index contributed by atoms with van der Waals surface area (Å²) in [6, 6.07) is 19.2. The van der Waals surface area contributed by atoms with Gasteiger partial charge in [0.05, 0.1) is 6.04 Å². The van der Waals surface area contributed by atoms with Gasteiger partial charge in [0, 0.05) is 11.6 Å². The molecule has 0 saturated heterocycles. The van der Waals surface area contributed by atoms with E-state index in [1.807, 2.05) is 0 Å². The van der Waals surface area contributed by atoms with Gasteiger partial charge in [0.2, 0.25) is 0 Å². The van der Waals surface area contributed by atoms with Crippen molar-refractivity contribution in [2.45, 2.75) is 51.0 Å². The summed E-state index contributed by atoms with van der Waals surface area (Å²) in [5, 5.41) is 6.97. The maximum atomic E-state index is 3.96. The molecule has 1 nitrogen and oxygen atoms in total. The molecule has 0 aromatic heterocycles. The van der Waals surface area contributed by atoms with Crippen molar-refractivity contribution in [3.8, 4) is 0 Å². The third-order valence-electron chi connectivity index (χ3n) is 7.30. The molecule has 1 aliphatic heterocycles. The first-order valence-electron chi connectivity index (χ1n) is 10.8. The number of hydrogen-bond acceptors (Lipinski definition) is 1. The van der Waals surface area contributed by atoms with Crippen LogP contribution in [-0.4, -0.2) is 0 Å². The number of nitrogens with one attached hydrogen (secondary N) is 1. The minimum atomic E-state index is 0.377. The molecule has 0 fully saturated rings. The van der Waals surface area contributed by atoms with Gasteiger partial charge in [0.15, 0.2) is 0 Å². The molecule has 1 N–H and O–H groups in total. The Morgan fingerprint density at radius 3 is 2.64 bits per heavy atom. The summed E-state index contributed by atoms with van der Waals surface area (Å²) in [6.45, 7) is 4.57. The van der Waals surface area contributed by atoms with E-state index < -0.39 is 0 Å². The van der Waals surface area contributed by atoms with Crippen molar-refractivity contribution in [1.29, 1.82) is 0 Å². The highest BCUT2D eigenvalue weighted by atomic mass is 15.0. The second kappa shape index (κ2) is 5.98. The van der Waals surface area contributed by atoms with Crippen LogP contribution in [-0.2, 0) is 12.8 Å². The fourth-order valence-corrected chi connectivity index (χ4v) is 5.82. The van der Waals surface area contributed by atoms with E-state index in [2.05, 4.69) is 79.8 Å². The molecule has 0 unspecified atom stereocenters. The molecule has 3 aromatic carbocycles. The Labute approximate surface area is 167 Å². The average molecular weight is 366 g/mol. The van der Waals surface area contributed by atoms with E-state index in [4.69, 9.17) is 0 Å². The zero-order valence-corrected chi connectivity index (χ0v) is 16.7. The molecule has 1 heteroatoms. The number of benzene rings is 3. The van der Waals surface area contributed by atoms with Crippen molar-refractivity contribution in [2.75, 3.05) is 5.32 Å². The number of rotatable bonds is 2. The van der Waals surface area contributed by atoms with Crippen molar-refractivity contribution >= 4 is 16.5 Å². The highest BCUT2D eigenvalue weighted by molar-refractivity contribution is 5.94. The highest BCUT2D eigenvalue weighted by Gasteiger charge is 2.38. The Kier molecular flexibility index (Phi) is 3.50. The lowest BCUT2D eigenvalue weighted by atomic mass is 9.75. The molecule has 0 radical (unpaired) electrons. The lowest BCUT2D eigenvalue weighted by molar-refractivity contribution is 0.427. The van der Waals surface area contributed by atoms with Crippen LogP contribution in [0.2, 0.25) is 0 Å². The van der Waals surface area contributed by atoms with Crippen LogP contribution in [0.3, 0.4) is 0 Å². The summed E-state index contributed by atoms with van der Waals surface area (Å²) in [7, 11) is 0. The smallest absolute Gasteiger partial charge is 0.0560 e. The Balaban J connectivity index is 1.51. The van der Waals surface area contributed by atoms with E-state index in [1.54, 1.807) is 0 Å². The third kappa shape index (κ3) is 2.25. The van der Waals surface area contributed by atoms with Crippen LogP contribution < -0.4 is 5.32 Å². The van der Waals surface area contributed by atoms with Crippen LogP contribution in [0.15, 0.2) is 60.7 Å². The first kappa shape index (κ1) is 16.4. The predicted molar refractivity (Wildman–Crippen MR) is 118 cm³/mol. The molecule has 0 amide bonds. The van der Waals surface area contributed by atoms with Crippen LogP contribution in [0.5, 0.6) is 0 Å². The summed E-state index contributed by atoms with van der Waals surface area (Å²) in [5.74, 6) is 1.71. The number of hydrogen-bond donors (Lipinski definition) is 1. The summed E-state index contributed by atoms with van der Waals surface area (Å²) in [6.07, 6.45) is 8.42. The maximum Gasteiger partial charge on any atom is 0.0560 e. The van der Waals surface area contributed by atoms with Crippen molar-refractivity contribution in [2.24, 2.45) is 5.92 Å². The van der Waals surface area contributed by atoms with Gasteiger partial charge in [-0.25, -0.2) is 0 Å². The lowest BCUT2D eigenvalue weighted by Gasteiger charge is -2.38. The van der Waals surface area contributed by atoms with Gasteiger partial charge in [-0.05, 0) is 75.8 Å². The minimum Gasteiger partial charge on any atom is -0.378 e. The van der Waals surface area contributed by atoms with Gasteiger partial charge in [-0.3, -0.25) is 0 Å². The first-order chi connectivity index (χ1) is 13.7. The molecule has 0 bridgehead atoms. The fraction of sp³-hybridized carbons (Fsp3) is 0.333. The molecule has 3 atom stereocenters. The molecule has 140 valence electrons. The molecule has 0 spiro atoms. The third-order valence-corrected chi connectivity index (χ3v) is 7.30. The molecular weight excluding hydrogens is 338 g/mol. The summed E-state index contributed by atoms with van der Waals surface area (Å²) >= 11 is 0. The molecule has 2 aliphatic carbocycles. The van der Waals surface area contributed by atoms with E-state index in [-0.39, 0.29) is 0 Å². The SMILES string of the molecule is CC(C)c1ccc2c(c1)[C@@H]1C=CC[C@@H]1[C@H](c1ccc3c4c(cccc14)CC3)N2. The van der Waals surface area contributed by atoms with Gasteiger partial charge in [-0.2, -0.15) is 0 Å². The van der Waals surface area contributed by atoms with Crippen LogP contribution in [0.4, 0.5) is 5.69 Å². The van der Waals surface area contributed by atoms with Gasteiger partial charge in [0.1, 0.15) is 0 Å². The second-order valence-electron chi connectivity index (χ2n) is 9.13. The van der Waals surface area contributed by atoms with E-state index in [9.17, 15) is 0 Å². The van der Waals surface area contributed by atoms with Crippen molar-refractivity contribution in [3.63, 3.8) is 0 Å². The average Bonchev–Trinajstić information content (AvgIpc) is 3.36. The van der Waals surface area contributed by atoms with Gasteiger partial charge in [-0.15, -0.1) is 0 Å². The molecule has 1 heterocycles. The number of aryl methyl sites for hydroxylation is 2. The zero-order chi connectivity index (χ0) is 18.8. The molecule has 28 heavy (non-hydrogen) atoms. The van der Waals surface area contributed by atoms with Crippen LogP contribution >= 0.6 is 0 Å². The topological polar surface area (TPSA) is 12.0 Å². The molecular formula is C27H27N. The second-order valence-corrected chi connectivity index (χ2v) is 9.13. The van der Waals surface area contributed by atoms with E-state index in [0.717, 1.165) is 6.42 Å². The molecule has 6 rings (SSSR count). The largest absolute Gasteiger partial charge is 0.378 e. The molecule has 0 saturated carbocycles. The Hall–Kier alpha value is -2.54. The Morgan fingerprint density at radius 2 is 1.79 bits per heavy atom. The lowest BCUT2D eigenvalue weighted by Crippen LogP contribution is -2.29. The Bertz CT molecular complexity index is 1110. The molecule has 3 aliphatic rings. The summed E-state index contributed by atoms with van der Waals surface area (Å²) < 4.78 is 0. The van der Waals surface area contributed by atoms with Gasteiger partial charge in [0.25, 0.3) is 0 Å². The van der Waals surface area contributed by atoms with Crippen molar-refractivity contribution < 1.29 is 0 Å². The van der Waals surface area contributed by atoms with Gasteiger partial charge >= 0.3 is 0 Å². The normalized spacial score (nSPS) is 24.5. The van der Waals surface area contributed by atoms with Crippen LogP contribution in [0, 0.1) is 5.92 Å². The monoisotopic (exact) mass is 365 g/mol. The first-order valence-corrected chi connectivity index (χ1v) is 10.8. The summed E-state index contributed by atoms with van der Waals surface area (Å²) in [4.78, 5) is 0. The van der Waals surface area contributed by atoms with E-state index in [0.29, 0.717) is 23.8 Å². The van der Waals surface area contributed by atoms with Gasteiger partial charge in [-0.1, -0.05) is 68.5 Å². The zero-order valence-electron chi connectivity index (χ0n) is 16.7. The summed E-state index contributed by atoms with van der Waals surface area (Å²) in [5.41, 5.74) is 8.82. The maximum absolute atomic E-state index is 3.96. The van der Waals surface area contributed by atoms with Crippen LogP contribution in [0.25, 0.3) is 10.8 Å². The standard InChI is InChI=1S/C27H27N/c1-16(2)19-12-14-25-24(15-19)20-6-4-8-22(20)27(28-25)23-13-11-18-10-9-17-5-3-7-21(23)26(17)18/h3-7,11-16,20,22,27-28H,8-10H2,1-2H3/t20-,22+,27-/m1/s1. The quantitative estimate of drug-likeness (QED) is 0.488. The van der Waals surface area contributed by atoms with Crippen LogP contribution in [0.1, 0.15) is 66.0 Å². The predicted octanol–water partition coefficient (Wildman–Crippen LogP) is 6.89. The van der Waals surface area contributed by atoms with Crippen molar-refractivity contribution in [1.82, 2.24) is 0 Å². The minimum absolute atomic E-state index is 0.377. The molecule has 3 aromatic rings. The number of fused-ring (bicyclic) bond motifs is 3. The van der Waals surface area contributed by atoms with Crippen molar-refractivity contribution in [3.05, 3.63) is 88.5 Å². The van der Waals surface area contributed by atoms with E-state index in [1.165, 1.54) is 57.1 Å². The number of allylic oxidation sites excluding steroid dienone is 2.